The fourth-order valence-electron chi connectivity index (χ4n) is 5.10. The molecular formula is C32H38N4O3. The van der Waals surface area contributed by atoms with Crippen LogP contribution in [0.3, 0.4) is 0 Å². The van der Waals surface area contributed by atoms with Crippen LogP contribution in [0.5, 0.6) is 5.75 Å². The van der Waals surface area contributed by atoms with Gasteiger partial charge in [-0.25, -0.2) is 4.98 Å². The minimum absolute atomic E-state index is 0.143. The standard InChI is InChI=1S/C32H38N4O3/c1-22(2)20-36-11-12-38-13-14-39-30-10-8-26(18-27(30)17-24-5-4-6-25(16-24)21-36)32(37)33-19-31-34-28-9-7-23(3)15-29(28)35-31/h4-10,15-16,18,22H,11-14,17,19-21H2,1-3H3,(H,33,37)(H,34,35). The van der Waals surface area contributed by atoms with Crippen molar-refractivity contribution in [2.75, 3.05) is 32.9 Å². The zero-order chi connectivity index (χ0) is 27.2. The minimum Gasteiger partial charge on any atom is -0.491 e. The summed E-state index contributed by atoms with van der Waals surface area (Å²) in [5, 5.41) is 3.01. The number of hydrogen-bond acceptors (Lipinski definition) is 5. The molecule has 7 heteroatoms. The van der Waals surface area contributed by atoms with Crippen LogP contribution in [-0.4, -0.2) is 53.7 Å². The summed E-state index contributed by atoms with van der Waals surface area (Å²) < 4.78 is 12.0. The second-order valence-corrected chi connectivity index (χ2v) is 10.8. The number of fused-ring (bicyclic) bond motifs is 4. The van der Waals surface area contributed by atoms with Crippen LogP contribution in [0.4, 0.5) is 0 Å². The lowest BCUT2D eigenvalue weighted by Crippen LogP contribution is -2.31. The molecule has 2 bridgehead atoms. The molecule has 0 saturated heterocycles. The Labute approximate surface area is 230 Å². The second-order valence-electron chi connectivity index (χ2n) is 10.8. The molecule has 0 spiro atoms. The lowest BCUT2D eigenvalue weighted by molar-refractivity contribution is 0.0746. The van der Waals surface area contributed by atoms with Crippen molar-refractivity contribution < 1.29 is 14.3 Å². The molecule has 0 atom stereocenters. The van der Waals surface area contributed by atoms with E-state index < -0.39 is 0 Å². The first kappa shape index (κ1) is 26.9. The summed E-state index contributed by atoms with van der Waals surface area (Å²) in [6, 6.07) is 20.4. The van der Waals surface area contributed by atoms with Crippen LogP contribution in [-0.2, 0) is 24.2 Å². The van der Waals surface area contributed by atoms with E-state index in [0.29, 0.717) is 44.3 Å². The summed E-state index contributed by atoms with van der Waals surface area (Å²) in [5.41, 5.74) is 7.09. The van der Waals surface area contributed by atoms with Crippen molar-refractivity contribution in [2.45, 2.75) is 40.3 Å². The van der Waals surface area contributed by atoms with E-state index in [-0.39, 0.29) is 5.91 Å². The molecule has 7 nitrogen and oxygen atoms in total. The summed E-state index contributed by atoms with van der Waals surface area (Å²) in [6.07, 6.45) is 0.679. The number of H-pyrrole nitrogens is 1. The van der Waals surface area contributed by atoms with Gasteiger partial charge in [-0.1, -0.05) is 44.2 Å². The molecule has 2 N–H and O–H groups in total. The number of aryl methyl sites for hydroxylation is 1. The SMILES string of the molecule is Cc1ccc2nc(CNC(=O)c3ccc4c(c3)Cc3cccc(c3)CN(CC(C)C)CCOCCO4)[nH]c2c1. The van der Waals surface area contributed by atoms with E-state index in [1.165, 1.54) is 16.7 Å². The van der Waals surface area contributed by atoms with Crippen LogP contribution in [0.15, 0.2) is 60.7 Å². The van der Waals surface area contributed by atoms with Gasteiger partial charge in [-0.3, -0.25) is 9.69 Å². The number of aromatic nitrogens is 2. The first-order valence-electron chi connectivity index (χ1n) is 13.8. The third-order valence-corrected chi connectivity index (χ3v) is 6.88. The van der Waals surface area contributed by atoms with Gasteiger partial charge < -0.3 is 19.8 Å². The molecule has 1 aromatic heterocycles. The van der Waals surface area contributed by atoms with Crippen molar-refractivity contribution >= 4 is 16.9 Å². The van der Waals surface area contributed by atoms with E-state index in [0.717, 1.165) is 47.8 Å². The molecule has 1 aliphatic rings. The molecule has 0 aliphatic carbocycles. The average Bonchev–Trinajstić information content (AvgIpc) is 3.31. The van der Waals surface area contributed by atoms with Crippen LogP contribution < -0.4 is 10.1 Å². The zero-order valence-electron chi connectivity index (χ0n) is 23.1. The van der Waals surface area contributed by atoms with E-state index in [4.69, 9.17) is 9.47 Å². The third-order valence-electron chi connectivity index (χ3n) is 6.88. The number of benzene rings is 3. The third kappa shape index (κ3) is 7.25. The van der Waals surface area contributed by atoms with Crippen molar-refractivity contribution in [1.82, 2.24) is 20.2 Å². The first-order valence-corrected chi connectivity index (χ1v) is 13.8. The van der Waals surface area contributed by atoms with Crippen LogP contribution in [0, 0.1) is 12.8 Å². The van der Waals surface area contributed by atoms with Gasteiger partial charge in [0.2, 0.25) is 0 Å². The molecule has 3 aromatic carbocycles. The minimum atomic E-state index is -0.143. The molecule has 1 aliphatic heterocycles. The van der Waals surface area contributed by atoms with Gasteiger partial charge in [0.1, 0.15) is 18.2 Å². The maximum Gasteiger partial charge on any atom is 0.251 e. The fraction of sp³-hybridized carbons (Fsp3) is 0.375. The van der Waals surface area contributed by atoms with E-state index in [1.807, 2.05) is 37.3 Å². The maximum absolute atomic E-state index is 13.1. The molecule has 0 radical (unpaired) electrons. The quantitative estimate of drug-likeness (QED) is 0.371. The number of amides is 1. The van der Waals surface area contributed by atoms with Gasteiger partial charge in [0.15, 0.2) is 0 Å². The van der Waals surface area contributed by atoms with Gasteiger partial charge in [-0.15, -0.1) is 0 Å². The summed E-state index contributed by atoms with van der Waals surface area (Å²) in [6.45, 7) is 11.4. The number of ether oxygens (including phenoxy) is 2. The Bertz CT molecular complexity index is 1430. The Kier molecular flexibility index (Phi) is 8.59. The molecule has 2 heterocycles. The van der Waals surface area contributed by atoms with Crippen LogP contribution >= 0.6 is 0 Å². The second kappa shape index (κ2) is 12.5. The van der Waals surface area contributed by atoms with Crippen molar-refractivity contribution in [1.29, 1.82) is 0 Å². The van der Waals surface area contributed by atoms with E-state index >= 15 is 0 Å². The molecule has 39 heavy (non-hydrogen) atoms. The number of aromatic amines is 1. The Morgan fingerprint density at radius 2 is 1.92 bits per heavy atom. The Balaban J connectivity index is 1.33. The topological polar surface area (TPSA) is 79.5 Å². The molecule has 0 saturated carbocycles. The Hall–Kier alpha value is -3.68. The van der Waals surface area contributed by atoms with Crippen molar-refractivity contribution in [3.63, 3.8) is 0 Å². The highest BCUT2D eigenvalue weighted by molar-refractivity contribution is 5.94. The van der Waals surface area contributed by atoms with Crippen LogP contribution in [0.1, 0.15) is 52.3 Å². The molecule has 4 aromatic rings. The number of carbonyl (C=O) groups is 1. The van der Waals surface area contributed by atoms with Gasteiger partial charge >= 0.3 is 0 Å². The van der Waals surface area contributed by atoms with Crippen molar-refractivity contribution in [3.05, 3.63) is 94.3 Å². The molecule has 0 fully saturated rings. The summed E-state index contributed by atoms with van der Waals surface area (Å²) in [4.78, 5) is 23.5. The van der Waals surface area contributed by atoms with E-state index in [1.54, 1.807) is 0 Å². The normalized spacial score (nSPS) is 15.0. The van der Waals surface area contributed by atoms with Gasteiger partial charge in [0.25, 0.3) is 5.91 Å². The van der Waals surface area contributed by atoms with Gasteiger partial charge in [0, 0.05) is 31.6 Å². The van der Waals surface area contributed by atoms with E-state index in [9.17, 15) is 4.79 Å². The molecular weight excluding hydrogens is 488 g/mol. The van der Waals surface area contributed by atoms with Gasteiger partial charge in [-0.05, 0) is 65.4 Å². The van der Waals surface area contributed by atoms with E-state index in [2.05, 4.69) is 64.4 Å². The first-order chi connectivity index (χ1) is 18.9. The Morgan fingerprint density at radius 3 is 2.79 bits per heavy atom. The maximum atomic E-state index is 13.1. The number of rotatable bonds is 5. The number of hydrogen-bond donors (Lipinski definition) is 2. The van der Waals surface area contributed by atoms with Gasteiger partial charge in [0.05, 0.1) is 30.8 Å². The van der Waals surface area contributed by atoms with Crippen LogP contribution in [0.25, 0.3) is 11.0 Å². The smallest absolute Gasteiger partial charge is 0.251 e. The summed E-state index contributed by atoms with van der Waals surface area (Å²) in [5.74, 6) is 1.96. The molecule has 5 rings (SSSR count). The van der Waals surface area contributed by atoms with Crippen LogP contribution in [0.2, 0.25) is 0 Å². The fourth-order valence-corrected chi connectivity index (χ4v) is 5.10. The lowest BCUT2D eigenvalue weighted by Gasteiger charge is -2.25. The monoisotopic (exact) mass is 526 g/mol. The predicted molar refractivity (Wildman–Crippen MR) is 154 cm³/mol. The molecule has 0 unspecified atom stereocenters. The lowest BCUT2D eigenvalue weighted by atomic mass is 9.99. The van der Waals surface area contributed by atoms with Gasteiger partial charge in [-0.2, -0.15) is 0 Å². The highest BCUT2D eigenvalue weighted by Gasteiger charge is 2.15. The summed E-state index contributed by atoms with van der Waals surface area (Å²) in [7, 11) is 0. The number of carbonyl (C=O) groups excluding carboxylic acids is 1. The number of imidazole rings is 1. The summed E-state index contributed by atoms with van der Waals surface area (Å²) >= 11 is 0. The average molecular weight is 527 g/mol. The number of nitrogens with one attached hydrogen (secondary N) is 2. The highest BCUT2D eigenvalue weighted by Crippen LogP contribution is 2.25. The predicted octanol–water partition coefficient (Wildman–Crippen LogP) is 5.26. The van der Waals surface area contributed by atoms with Crippen molar-refractivity contribution in [2.24, 2.45) is 5.92 Å². The number of nitrogens with zero attached hydrogens (tertiary/aromatic N) is 2. The zero-order valence-corrected chi connectivity index (χ0v) is 23.1. The largest absolute Gasteiger partial charge is 0.491 e. The van der Waals surface area contributed by atoms with Crippen molar-refractivity contribution in [3.8, 4) is 5.75 Å². The highest BCUT2D eigenvalue weighted by atomic mass is 16.5. The molecule has 1 amide bonds. The molecule has 204 valence electrons. The Morgan fingerprint density at radius 1 is 1.05 bits per heavy atom.